The highest BCUT2D eigenvalue weighted by Gasteiger charge is 2.23. The maximum absolute atomic E-state index is 12.9. The Bertz CT molecular complexity index is 878. The Kier molecular flexibility index (Phi) is 3.99. The van der Waals surface area contributed by atoms with Crippen LogP contribution in [0.4, 0.5) is 0 Å². The summed E-state index contributed by atoms with van der Waals surface area (Å²) in [6.07, 6.45) is 4.50. The Hall–Kier alpha value is -1.59. The highest BCUT2D eigenvalue weighted by Crippen LogP contribution is 2.32. The molecule has 1 aromatic carbocycles. The van der Waals surface area contributed by atoms with E-state index in [0.717, 1.165) is 28.4 Å². The van der Waals surface area contributed by atoms with E-state index in [1.54, 1.807) is 23.1 Å². The van der Waals surface area contributed by atoms with E-state index in [2.05, 4.69) is 23.2 Å². The largest absolute Gasteiger partial charge is 0.283 e. The Labute approximate surface area is 143 Å². The number of fused-ring (bicyclic) bond motifs is 3. The van der Waals surface area contributed by atoms with Crippen molar-refractivity contribution in [3.8, 4) is 0 Å². The second-order valence-electron chi connectivity index (χ2n) is 5.92. The third-order valence-electron chi connectivity index (χ3n) is 4.35. The minimum Gasteiger partial charge on any atom is -0.283 e. The van der Waals surface area contributed by atoms with Gasteiger partial charge in [-0.2, -0.15) is 0 Å². The van der Waals surface area contributed by atoms with Crippen LogP contribution in [0.5, 0.6) is 0 Å². The van der Waals surface area contributed by atoms with Crippen molar-refractivity contribution in [1.82, 2.24) is 9.55 Å². The molecule has 0 saturated carbocycles. The van der Waals surface area contributed by atoms with Crippen molar-refractivity contribution >= 4 is 39.9 Å². The van der Waals surface area contributed by atoms with Gasteiger partial charge >= 0.3 is 0 Å². The van der Waals surface area contributed by atoms with Crippen molar-refractivity contribution in [2.75, 3.05) is 5.75 Å². The molecule has 1 aliphatic carbocycles. The first-order valence-electron chi connectivity index (χ1n) is 7.93. The number of hydrogen-bond acceptors (Lipinski definition) is 4. The first-order chi connectivity index (χ1) is 11.2. The maximum atomic E-state index is 12.9. The number of aryl methyl sites for hydroxylation is 2. The van der Waals surface area contributed by atoms with Gasteiger partial charge in [-0.1, -0.05) is 30.0 Å². The molecule has 0 N–H and O–H groups in total. The average molecular weight is 342 g/mol. The van der Waals surface area contributed by atoms with Gasteiger partial charge in [0.2, 0.25) is 5.91 Å². The van der Waals surface area contributed by atoms with Crippen LogP contribution < -0.4 is 0 Å². The summed E-state index contributed by atoms with van der Waals surface area (Å²) in [4.78, 5) is 17.3. The van der Waals surface area contributed by atoms with E-state index < -0.39 is 0 Å². The average Bonchev–Trinajstić information content (AvgIpc) is 3.14. The summed E-state index contributed by atoms with van der Waals surface area (Å²) in [5, 5.41) is 3.28. The van der Waals surface area contributed by atoms with Gasteiger partial charge in [0.1, 0.15) is 0 Å². The van der Waals surface area contributed by atoms with Crippen LogP contribution in [0.2, 0.25) is 0 Å². The van der Waals surface area contributed by atoms with Gasteiger partial charge in [0.25, 0.3) is 0 Å². The van der Waals surface area contributed by atoms with Crippen molar-refractivity contribution in [1.29, 1.82) is 0 Å². The van der Waals surface area contributed by atoms with E-state index >= 15 is 0 Å². The van der Waals surface area contributed by atoms with E-state index in [1.165, 1.54) is 29.5 Å². The van der Waals surface area contributed by atoms with Crippen molar-refractivity contribution in [3.63, 3.8) is 0 Å². The molecule has 4 rings (SSSR count). The molecule has 2 aromatic heterocycles. The van der Waals surface area contributed by atoms with Crippen molar-refractivity contribution in [2.45, 2.75) is 36.9 Å². The van der Waals surface area contributed by atoms with Crippen LogP contribution in [0, 0.1) is 6.92 Å². The number of thioether (sulfide) groups is 1. The normalized spacial score (nSPS) is 14.1. The Balaban J connectivity index is 1.68. The van der Waals surface area contributed by atoms with E-state index in [1.807, 2.05) is 22.9 Å². The predicted octanol–water partition coefficient (Wildman–Crippen LogP) is 4.72. The summed E-state index contributed by atoms with van der Waals surface area (Å²) < 4.78 is 2.94. The van der Waals surface area contributed by atoms with Gasteiger partial charge < -0.3 is 0 Å². The summed E-state index contributed by atoms with van der Waals surface area (Å²) in [5.41, 5.74) is 4.71. The molecular formula is C18H18N2OS2. The van der Waals surface area contributed by atoms with Crippen molar-refractivity contribution in [3.05, 3.63) is 46.6 Å². The standard InChI is InChI=1S/C18H18N2OS2/c1-12-10-22-18(19-12)23-11-17(21)20-15-8-4-2-6-13(15)14-7-3-5-9-16(14)20/h2,4,6,8,10H,3,5,7,9,11H2,1H3. The first-order valence-corrected chi connectivity index (χ1v) is 9.80. The zero-order chi connectivity index (χ0) is 15.8. The molecule has 0 bridgehead atoms. The van der Waals surface area contributed by atoms with Gasteiger partial charge in [-0.15, -0.1) is 11.3 Å². The summed E-state index contributed by atoms with van der Waals surface area (Å²) >= 11 is 3.16. The van der Waals surface area contributed by atoms with Crippen LogP contribution in [0.1, 0.15) is 34.6 Å². The first kappa shape index (κ1) is 15.0. The third-order valence-corrected chi connectivity index (χ3v) is 6.47. The molecule has 5 heteroatoms. The third kappa shape index (κ3) is 2.72. The molecule has 1 aliphatic rings. The zero-order valence-corrected chi connectivity index (χ0v) is 14.7. The number of para-hydroxylation sites is 1. The summed E-state index contributed by atoms with van der Waals surface area (Å²) in [5.74, 6) is 0.611. The molecule has 0 spiro atoms. The van der Waals surface area contributed by atoms with E-state index in [-0.39, 0.29) is 5.91 Å². The van der Waals surface area contributed by atoms with Gasteiger partial charge in [-0.05, 0) is 44.2 Å². The fourth-order valence-corrected chi connectivity index (χ4v) is 5.07. The lowest BCUT2D eigenvalue weighted by atomic mass is 9.96. The van der Waals surface area contributed by atoms with Crippen LogP contribution >= 0.6 is 23.1 Å². The Morgan fingerprint density at radius 3 is 2.96 bits per heavy atom. The second-order valence-corrected chi connectivity index (χ2v) is 8.00. The van der Waals surface area contributed by atoms with E-state index in [0.29, 0.717) is 5.75 Å². The molecule has 23 heavy (non-hydrogen) atoms. The van der Waals surface area contributed by atoms with Gasteiger partial charge in [0.15, 0.2) is 4.34 Å². The van der Waals surface area contributed by atoms with Gasteiger partial charge in [0, 0.05) is 22.2 Å². The SMILES string of the molecule is Cc1csc(SCC(=O)n2c3c(c4ccccc42)CCCC3)n1. The number of rotatable bonds is 3. The van der Waals surface area contributed by atoms with Gasteiger partial charge in [0.05, 0.1) is 11.3 Å². The van der Waals surface area contributed by atoms with Crippen LogP contribution in [-0.2, 0) is 12.8 Å². The predicted molar refractivity (Wildman–Crippen MR) is 96.8 cm³/mol. The number of carbonyl (C=O) groups excluding carboxylic acids is 1. The number of carbonyl (C=O) groups is 1. The van der Waals surface area contributed by atoms with Crippen LogP contribution in [0.25, 0.3) is 10.9 Å². The maximum Gasteiger partial charge on any atom is 0.241 e. The van der Waals surface area contributed by atoms with E-state index in [4.69, 9.17) is 0 Å². The fraction of sp³-hybridized carbons (Fsp3) is 0.333. The lowest BCUT2D eigenvalue weighted by molar-refractivity contribution is 0.0943. The highest BCUT2D eigenvalue weighted by atomic mass is 32.2. The minimum atomic E-state index is 0.169. The Morgan fingerprint density at radius 1 is 1.30 bits per heavy atom. The molecular weight excluding hydrogens is 324 g/mol. The van der Waals surface area contributed by atoms with Crippen LogP contribution in [-0.4, -0.2) is 21.2 Å². The molecule has 3 aromatic rings. The molecule has 0 atom stereocenters. The quantitative estimate of drug-likeness (QED) is 0.646. The topological polar surface area (TPSA) is 34.9 Å². The molecule has 0 aliphatic heterocycles. The lowest BCUT2D eigenvalue weighted by Crippen LogP contribution is -2.18. The van der Waals surface area contributed by atoms with Crippen molar-refractivity contribution < 1.29 is 4.79 Å². The highest BCUT2D eigenvalue weighted by molar-refractivity contribution is 8.01. The molecule has 118 valence electrons. The number of hydrogen-bond donors (Lipinski definition) is 0. The number of nitrogens with zero attached hydrogens (tertiary/aromatic N) is 2. The summed E-state index contributed by atoms with van der Waals surface area (Å²) in [6.45, 7) is 1.98. The summed E-state index contributed by atoms with van der Waals surface area (Å²) in [6, 6.07) is 8.32. The molecule has 0 fully saturated rings. The smallest absolute Gasteiger partial charge is 0.241 e. The van der Waals surface area contributed by atoms with Gasteiger partial charge in [-0.3, -0.25) is 9.36 Å². The molecule has 0 amide bonds. The van der Waals surface area contributed by atoms with E-state index in [9.17, 15) is 4.79 Å². The fourth-order valence-electron chi connectivity index (χ4n) is 3.37. The Morgan fingerprint density at radius 2 is 2.13 bits per heavy atom. The molecule has 2 heterocycles. The van der Waals surface area contributed by atoms with Crippen molar-refractivity contribution in [2.24, 2.45) is 0 Å². The second kappa shape index (κ2) is 6.13. The molecule has 0 radical (unpaired) electrons. The van der Waals surface area contributed by atoms with Gasteiger partial charge in [-0.25, -0.2) is 4.98 Å². The number of benzene rings is 1. The lowest BCUT2D eigenvalue weighted by Gasteiger charge is -2.14. The number of aromatic nitrogens is 2. The minimum absolute atomic E-state index is 0.169. The zero-order valence-electron chi connectivity index (χ0n) is 13.0. The van der Waals surface area contributed by atoms with Crippen LogP contribution in [0.15, 0.2) is 34.0 Å². The monoisotopic (exact) mass is 342 g/mol. The number of thiazole rings is 1. The molecule has 3 nitrogen and oxygen atoms in total. The molecule has 0 unspecified atom stereocenters. The summed E-state index contributed by atoms with van der Waals surface area (Å²) in [7, 11) is 0. The van der Waals surface area contributed by atoms with Crippen LogP contribution in [0.3, 0.4) is 0 Å². The molecule has 0 saturated heterocycles.